The normalized spacial score (nSPS) is 22.1. The van der Waals surface area contributed by atoms with Gasteiger partial charge in [-0.2, -0.15) is 0 Å². The summed E-state index contributed by atoms with van der Waals surface area (Å²) in [6.45, 7) is 5.04. The van der Waals surface area contributed by atoms with Crippen LogP contribution < -0.4 is 14.7 Å². The number of benzene rings is 1. The molecule has 3 aliphatic rings. The SMILES string of the molecule is O=C([C@@H]1CCCN(c2nnc(N3CCCCC3=O)s2)C1)N1CCN(c2ccc(F)cc2)CC1. The summed E-state index contributed by atoms with van der Waals surface area (Å²) in [6.07, 6.45) is 4.32. The number of anilines is 3. The second kappa shape index (κ2) is 9.62. The van der Waals surface area contributed by atoms with E-state index in [1.807, 2.05) is 4.90 Å². The Morgan fingerprint density at radius 1 is 0.909 bits per heavy atom. The van der Waals surface area contributed by atoms with Gasteiger partial charge in [-0.25, -0.2) is 4.39 Å². The summed E-state index contributed by atoms with van der Waals surface area (Å²) in [5, 5.41) is 10.1. The molecule has 5 rings (SSSR count). The third-order valence-corrected chi connectivity index (χ3v) is 7.79. The van der Waals surface area contributed by atoms with Crippen molar-refractivity contribution in [1.29, 1.82) is 0 Å². The number of nitrogens with zero attached hydrogens (tertiary/aromatic N) is 6. The van der Waals surface area contributed by atoms with Gasteiger partial charge < -0.3 is 14.7 Å². The van der Waals surface area contributed by atoms with Crippen molar-refractivity contribution in [3.05, 3.63) is 30.1 Å². The van der Waals surface area contributed by atoms with Crippen molar-refractivity contribution >= 4 is 39.1 Å². The second-order valence-electron chi connectivity index (χ2n) is 8.94. The van der Waals surface area contributed by atoms with Gasteiger partial charge in [-0.1, -0.05) is 11.3 Å². The van der Waals surface area contributed by atoms with Gasteiger partial charge in [-0.15, -0.1) is 10.2 Å². The summed E-state index contributed by atoms with van der Waals surface area (Å²) in [5.41, 5.74) is 0.992. The molecule has 0 spiro atoms. The molecule has 1 atom stereocenters. The quantitative estimate of drug-likeness (QED) is 0.682. The molecule has 1 aromatic heterocycles. The molecule has 0 unspecified atom stereocenters. The molecule has 10 heteroatoms. The van der Waals surface area contributed by atoms with Crippen LogP contribution in [0.3, 0.4) is 0 Å². The fourth-order valence-electron chi connectivity index (χ4n) is 4.90. The zero-order valence-corrected chi connectivity index (χ0v) is 19.5. The predicted octanol–water partition coefficient (Wildman–Crippen LogP) is 2.76. The molecular formula is C23H29FN6O2S. The average Bonchev–Trinajstić information content (AvgIpc) is 3.35. The number of amides is 2. The fourth-order valence-corrected chi connectivity index (χ4v) is 5.83. The Kier molecular flexibility index (Phi) is 6.43. The fraction of sp³-hybridized carbons (Fsp3) is 0.565. The first-order valence-electron chi connectivity index (χ1n) is 11.8. The van der Waals surface area contributed by atoms with Crippen molar-refractivity contribution in [3.8, 4) is 0 Å². The van der Waals surface area contributed by atoms with Crippen molar-refractivity contribution in [2.45, 2.75) is 32.1 Å². The predicted molar refractivity (Wildman–Crippen MR) is 126 cm³/mol. The molecule has 176 valence electrons. The van der Waals surface area contributed by atoms with Gasteiger partial charge in [0.2, 0.25) is 22.1 Å². The number of hydrogen-bond acceptors (Lipinski definition) is 7. The van der Waals surface area contributed by atoms with Gasteiger partial charge in [0, 0.05) is 57.9 Å². The van der Waals surface area contributed by atoms with Gasteiger partial charge in [0.15, 0.2) is 0 Å². The first kappa shape index (κ1) is 22.1. The Morgan fingerprint density at radius 3 is 2.42 bits per heavy atom. The Labute approximate surface area is 197 Å². The van der Waals surface area contributed by atoms with Gasteiger partial charge in [-0.05, 0) is 49.9 Å². The number of carbonyl (C=O) groups excluding carboxylic acids is 2. The second-order valence-corrected chi connectivity index (χ2v) is 9.88. The highest BCUT2D eigenvalue weighted by Crippen LogP contribution is 2.32. The molecular weight excluding hydrogens is 443 g/mol. The van der Waals surface area contributed by atoms with E-state index in [9.17, 15) is 14.0 Å². The van der Waals surface area contributed by atoms with Crippen LogP contribution in [0.1, 0.15) is 32.1 Å². The van der Waals surface area contributed by atoms with E-state index in [-0.39, 0.29) is 23.5 Å². The number of piperidine rings is 2. The summed E-state index contributed by atoms with van der Waals surface area (Å²) in [7, 11) is 0. The average molecular weight is 473 g/mol. The largest absolute Gasteiger partial charge is 0.368 e. The zero-order valence-electron chi connectivity index (χ0n) is 18.7. The van der Waals surface area contributed by atoms with E-state index in [2.05, 4.69) is 20.0 Å². The third kappa shape index (κ3) is 4.80. The first-order chi connectivity index (χ1) is 16.1. The molecule has 3 saturated heterocycles. The molecule has 4 heterocycles. The lowest BCUT2D eigenvalue weighted by atomic mass is 9.96. The highest BCUT2D eigenvalue weighted by molar-refractivity contribution is 7.19. The summed E-state index contributed by atoms with van der Waals surface area (Å²) in [6, 6.07) is 6.53. The van der Waals surface area contributed by atoms with Crippen molar-refractivity contribution in [2.24, 2.45) is 5.92 Å². The van der Waals surface area contributed by atoms with Crippen molar-refractivity contribution in [1.82, 2.24) is 15.1 Å². The molecule has 0 aliphatic carbocycles. The minimum absolute atomic E-state index is 0.0555. The number of piperazine rings is 1. The molecule has 0 radical (unpaired) electrons. The van der Waals surface area contributed by atoms with E-state index in [0.717, 1.165) is 56.1 Å². The molecule has 0 N–H and O–H groups in total. The van der Waals surface area contributed by atoms with Crippen molar-refractivity contribution in [3.63, 3.8) is 0 Å². The molecule has 8 nitrogen and oxygen atoms in total. The minimum atomic E-state index is -0.237. The van der Waals surface area contributed by atoms with Crippen LogP contribution in [0.2, 0.25) is 0 Å². The van der Waals surface area contributed by atoms with E-state index in [4.69, 9.17) is 0 Å². The van der Waals surface area contributed by atoms with Gasteiger partial charge in [0.05, 0.1) is 5.92 Å². The summed E-state index contributed by atoms with van der Waals surface area (Å²) in [5.74, 6) is 0.0319. The van der Waals surface area contributed by atoms with Crippen LogP contribution in [0.25, 0.3) is 0 Å². The molecule has 33 heavy (non-hydrogen) atoms. The van der Waals surface area contributed by atoms with Crippen LogP contribution in [0, 0.1) is 11.7 Å². The molecule has 3 fully saturated rings. The highest BCUT2D eigenvalue weighted by atomic mass is 32.1. The Morgan fingerprint density at radius 2 is 1.67 bits per heavy atom. The van der Waals surface area contributed by atoms with E-state index in [1.54, 1.807) is 17.0 Å². The number of halogens is 1. The number of aromatic nitrogens is 2. The monoisotopic (exact) mass is 472 g/mol. The molecule has 0 bridgehead atoms. The number of carbonyl (C=O) groups is 2. The molecule has 2 amide bonds. The lowest BCUT2D eigenvalue weighted by Gasteiger charge is -2.39. The lowest BCUT2D eigenvalue weighted by molar-refractivity contribution is -0.136. The Balaban J connectivity index is 1.18. The van der Waals surface area contributed by atoms with Crippen LogP contribution in [-0.4, -0.2) is 72.7 Å². The first-order valence-corrected chi connectivity index (χ1v) is 12.6. The van der Waals surface area contributed by atoms with Crippen molar-refractivity contribution < 1.29 is 14.0 Å². The maximum atomic E-state index is 13.3. The number of hydrogen-bond donors (Lipinski definition) is 0. The van der Waals surface area contributed by atoms with Crippen LogP contribution >= 0.6 is 11.3 Å². The van der Waals surface area contributed by atoms with Crippen LogP contribution in [-0.2, 0) is 9.59 Å². The standard InChI is InChI=1S/C23H29FN6O2S/c24-18-6-8-19(9-7-18)27-12-14-28(15-13-27)21(32)17-4-3-10-29(16-17)22-25-26-23(33-22)30-11-2-1-5-20(30)31/h6-9,17H,1-5,10-16H2/t17-/m1/s1. The van der Waals surface area contributed by atoms with Crippen molar-refractivity contribution in [2.75, 3.05) is 60.5 Å². The summed E-state index contributed by atoms with van der Waals surface area (Å²) >= 11 is 1.45. The number of rotatable bonds is 4. The maximum Gasteiger partial charge on any atom is 0.228 e. The van der Waals surface area contributed by atoms with E-state index < -0.39 is 0 Å². The Bertz CT molecular complexity index is 991. The summed E-state index contributed by atoms with van der Waals surface area (Å²) in [4.78, 5) is 33.5. The van der Waals surface area contributed by atoms with Crippen LogP contribution in [0.15, 0.2) is 24.3 Å². The van der Waals surface area contributed by atoms with Crippen LogP contribution in [0.5, 0.6) is 0 Å². The van der Waals surface area contributed by atoms with Gasteiger partial charge >= 0.3 is 0 Å². The molecule has 1 aromatic carbocycles. The maximum absolute atomic E-state index is 13.3. The molecule has 3 aliphatic heterocycles. The van der Waals surface area contributed by atoms with E-state index in [0.29, 0.717) is 37.7 Å². The molecule has 0 saturated carbocycles. The topological polar surface area (TPSA) is 72.9 Å². The van der Waals surface area contributed by atoms with E-state index in [1.165, 1.54) is 23.5 Å². The summed E-state index contributed by atoms with van der Waals surface area (Å²) < 4.78 is 13.2. The highest BCUT2D eigenvalue weighted by Gasteiger charge is 2.33. The van der Waals surface area contributed by atoms with Gasteiger partial charge in [0.25, 0.3) is 0 Å². The van der Waals surface area contributed by atoms with Crippen LogP contribution in [0.4, 0.5) is 20.3 Å². The molecule has 2 aromatic rings. The zero-order chi connectivity index (χ0) is 22.8. The van der Waals surface area contributed by atoms with E-state index >= 15 is 0 Å². The lowest BCUT2D eigenvalue weighted by Crippen LogP contribution is -2.52. The van der Waals surface area contributed by atoms with Gasteiger partial charge in [-0.3, -0.25) is 14.5 Å². The Hall–Kier alpha value is -2.75. The minimum Gasteiger partial charge on any atom is -0.368 e. The third-order valence-electron chi connectivity index (χ3n) is 6.78. The smallest absolute Gasteiger partial charge is 0.228 e. The van der Waals surface area contributed by atoms with Gasteiger partial charge in [0.1, 0.15) is 5.82 Å².